The second kappa shape index (κ2) is 3.41. The van der Waals surface area contributed by atoms with Crippen molar-refractivity contribution in [1.82, 2.24) is 19.9 Å². The van der Waals surface area contributed by atoms with Gasteiger partial charge in [0.15, 0.2) is 5.65 Å². The summed E-state index contributed by atoms with van der Waals surface area (Å²) in [5.74, 6) is 0.828. The molecule has 2 heterocycles. The van der Waals surface area contributed by atoms with Gasteiger partial charge in [0.05, 0.1) is 0 Å². The van der Waals surface area contributed by atoms with E-state index in [2.05, 4.69) is 19.9 Å². The number of hydrogen-bond donors (Lipinski definition) is 3. The number of ketones is 1. The summed E-state index contributed by atoms with van der Waals surface area (Å²) in [5.41, 5.74) is -0.582. The van der Waals surface area contributed by atoms with Gasteiger partial charge in [0.25, 0.3) is 5.56 Å². The van der Waals surface area contributed by atoms with Crippen LogP contribution in [0.25, 0.3) is 11.2 Å². The topological polar surface area (TPSA) is 111 Å². The standard InChI is InChI=1S/C10H10N4O3/c15-5-2-1-4(3-5)7-11-6-8(12-7)13-10(17)14-9(6)16/h4H,1-3H2,(H3,11,12,13,14,16,17). The summed E-state index contributed by atoms with van der Waals surface area (Å²) < 4.78 is 0. The maximum absolute atomic E-state index is 11.5. The first-order chi connectivity index (χ1) is 8.13. The third kappa shape index (κ3) is 1.59. The van der Waals surface area contributed by atoms with Gasteiger partial charge in [-0.1, -0.05) is 0 Å². The molecule has 0 radical (unpaired) electrons. The smallest absolute Gasteiger partial charge is 0.327 e. The average molecular weight is 234 g/mol. The van der Waals surface area contributed by atoms with E-state index in [1.165, 1.54) is 0 Å². The highest BCUT2D eigenvalue weighted by molar-refractivity contribution is 5.81. The van der Waals surface area contributed by atoms with Gasteiger partial charge in [-0.05, 0) is 6.42 Å². The predicted octanol–water partition coefficient (Wildman–Crippen LogP) is -0.224. The summed E-state index contributed by atoms with van der Waals surface area (Å²) in [6.07, 6.45) is 1.73. The molecule has 7 nitrogen and oxygen atoms in total. The van der Waals surface area contributed by atoms with Crippen molar-refractivity contribution in [3.63, 3.8) is 0 Å². The maximum Gasteiger partial charge on any atom is 0.327 e. The fourth-order valence-corrected chi connectivity index (χ4v) is 2.19. The molecule has 0 spiro atoms. The lowest BCUT2D eigenvalue weighted by atomic mass is 10.1. The van der Waals surface area contributed by atoms with Crippen LogP contribution in [-0.4, -0.2) is 25.7 Å². The molecule has 88 valence electrons. The summed E-state index contributed by atoms with van der Waals surface area (Å²) in [6.45, 7) is 0. The monoisotopic (exact) mass is 234 g/mol. The molecule has 0 amide bonds. The molecule has 0 saturated heterocycles. The van der Waals surface area contributed by atoms with Crippen molar-refractivity contribution in [1.29, 1.82) is 0 Å². The SMILES string of the molecule is O=C1CCC(c2nc3[nH]c(=O)[nH]c(=O)c3[nH]2)C1. The molecule has 2 aromatic heterocycles. The van der Waals surface area contributed by atoms with Crippen LogP contribution in [0, 0.1) is 0 Å². The summed E-state index contributed by atoms with van der Waals surface area (Å²) in [5, 5.41) is 0. The van der Waals surface area contributed by atoms with Gasteiger partial charge in [-0.25, -0.2) is 9.78 Å². The summed E-state index contributed by atoms with van der Waals surface area (Å²) in [7, 11) is 0. The largest absolute Gasteiger partial charge is 0.336 e. The number of Topliss-reactive ketones (excluding diaryl/α,β-unsaturated/α-hetero) is 1. The third-order valence-corrected chi connectivity index (χ3v) is 3.04. The highest BCUT2D eigenvalue weighted by Crippen LogP contribution is 2.30. The van der Waals surface area contributed by atoms with Crippen molar-refractivity contribution in [2.45, 2.75) is 25.2 Å². The summed E-state index contributed by atoms with van der Waals surface area (Å²) in [4.78, 5) is 45.4. The highest BCUT2D eigenvalue weighted by atomic mass is 16.2. The van der Waals surface area contributed by atoms with E-state index in [1.807, 2.05) is 0 Å². The third-order valence-electron chi connectivity index (χ3n) is 3.04. The zero-order valence-corrected chi connectivity index (χ0v) is 8.87. The van der Waals surface area contributed by atoms with Crippen molar-refractivity contribution in [3.8, 4) is 0 Å². The Balaban J connectivity index is 2.14. The van der Waals surface area contributed by atoms with E-state index < -0.39 is 11.2 Å². The minimum absolute atomic E-state index is 0.0257. The van der Waals surface area contributed by atoms with Crippen LogP contribution in [0.15, 0.2) is 9.59 Å². The molecule has 3 N–H and O–H groups in total. The van der Waals surface area contributed by atoms with Crippen molar-refractivity contribution in [3.05, 3.63) is 26.7 Å². The van der Waals surface area contributed by atoms with E-state index in [9.17, 15) is 14.4 Å². The lowest BCUT2D eigenvalue weighted by molar-refractivity contribution is -0.117. The quantitative estimate of drug-likeness (QED) is 0.633. The second-order valence-electron chi connectivity index (χ2n) is 4.23. The molecule has 17 heavy (non-hydrogen) atoms. The van der Waals surface area contributed by atoms with Gasteiger partial charge in [0.2, 0.25) is 0 Å². The Morgan fingerprint density at radius 1 is 1.12 bits per heavy atom. The van der Waals surface area contributed by atoms with Crippen LogP contribution in [0.3, 0.4) is 0 Å². The number of H-pyrrole nitrogens is 3. The Hall–Kier alpha value is -2.18. The van der Waals surface area contributed by atoms with Crippen LogP contribution in [0.4, 0.5) is 0 Å². The van der Waals surface area contributed by atoms with E-state index >= 15 is 0 Å². The number of rotatable bonds is 1. The van der Waals surface area contributed by atoms with Gasteiger partial charge in [-0.2, -0.15) is 0 Å². The number of nitrogens with one attached hydrogen (secondary N) is 3. The molecule has 7 heteroatoms. The Morgan fingerprint density at radius 3 is 2.65 bits per heavy atom. The molecule has 0 aromatic carbocycles. The summed E-state index contributed by atoms with van der Waals surface area (Å²) >= 11 is 0. The van der Waals surface area contributed by atoms with Crippen LogP contribution in [0.1, 0.15) is 31.0 Å². The van der Waals surface area contributed by atoms with E-state index in [4.69, 9.17) is 0 Å². The lowest BCUT2D eigenvalue weighted by Crippen LogP contribution is -2.21. The van der Waals surface area contributed by atoms with E-state index in [1.54, 1.807) is 0 Å². The molecule has 1 unspecified atom stereocenters. The fraction of sp³-hybridized carbons (Fsp3) is 0.400. The first-order valence-corrected chi connectivity index (χ1v) is 5.37. The van der Waals surface area contributed by atoms with Crippen LogP contribution in [0.5, 0.6) is 0 Å². The first-order valence-electron chi connectivity index (χ1n) is 5.37. The van der Waals surface area contributed by atoms with Crippen LogP contribution >= 0.6 is 0 Å². The minimum atomic E-state index is -0.581. The minimum Gasteiger partial charge on any atom is -0.336 e. The Bertz CT molecular complexity index is 708. The zero-order valence-electron chi connectivity index (χ0n) is 8.87. The van der Waals surface area contributed by atoms with Gasteiger partial charge < -0.3 is 4.98 Å². The Labute approximate surface area is 94.3 Å². The normalized spacial score (nSPS) is 20.2. The van der Waals surface area contributed by atoms with Gasteiger partial charge in [0, 0.05) is 18.8 Å². The average Bonchev–Trinajstić information content (AvgIpc) is 2.83. The van der Waals surface area contributed by atoms with E-state index in [0.29, 0.717) is 18.7 Å². The van der Waals surface area contributed by atoms with Crippen LogP contribution < -0.4 is 11.2 Å². The number of nitrogens with zero attached hydrogens (tertiary/aromatic N) is 1. The molecule has 1 aliphatic carbocycles. The van der Waals surface area contributed by atoms with Crippen LogP contribution in [-0.2, 0) is 4.79 Å². The number of hydrogen-bond acceptors (Lipinski definition) is 4. The zero-order chi connectivity index (χ0) is 12.0. The second-order valence-corrected chi connectivity index (χ2v) is 4.23. The van der Waals surface area contributed by atoms with Crippen LogP contribution in [0.2, 0.25) is 0 Å². The highest BCUT2D eigenvalue weighted by Gasteiger charge is 2.26. The van der Waals surface area contributed by atoms with E-state index in [0.717, 1.165) is 6.42 Å². The Morgan fingerprint density at radius 2 is 1.94 bits per heavy atom. The maximum atomic E-state index is 11.5. The van der Waals surface area contributed by atoms with Gasteiger partial charge in [0.1, 0.15) is 17.1 Å². The Kier molecular flexibility index (Phi) is 2.01. The molecular formula is C10H10N4O3. The van der Waals surface area contributed by atoms with Gasteiger partial charge >= 0.3 is 5.69 Å². The molecule has 1 atom stereocenters. The number of imidazole rings is 1. The molecule has 1 aliphatic rings. The molecule has 0 aliphatic heterocycles. The molecule has 1 fully saturated rings. The summed E-state index contributed by atoms with van der Waals surface area (Å²) in [6, 6.07) is 0. The van der Waals surface area contributed by atoms with Crippen molar-refractivity contribution in [2.24, 2.45) is 0 Å². The predicted molar refractivity (Wildman–Crippen MR) is 58.9 cm³/mol. The van der Waals surface area contributed by atoms with Gasteiger partial charge in [-0.15, -0.1) is 0 Å². The van der Waals surface area contributed by atoms with E-state index in [-0.39, 0.29) is 22.9 Å². The number of carbonyl (C=O) groups excluding carboxylic acids is 1. The number of aromatic nitrogens is 4. The molecule has 2 aromatic rings. The van der Waals surface area contributed by atoms with Crippen molar-refractivity contribution < 1.29 is 4.79 Å². The van der Waals surface area contributed by atoms with Crippen molar-refractivity contribution >= 4 is 16.9 Å². The number of fused-ring (bicyclic) bond motifs is 1. The molecule has 0 bridgehead atoms. The van der Waals surface area contributed by atoms with Crippen molar-refractivity contribution in [2.75, 3.05) is 0 Å². The number of aromatic amines is 3. The molecular weight excluding hydrogens is 224 g/mol. The lowest BCUT2D eigenvalue weighted by Gasteiger charge is -2.01. The van der Waals surface area contributed by atoms with Gasteiger partial charge in [-0.3, -0.25) is 19.6 Å². The molecule has 1 saturated carbocycles. The molecule has 3 rings (SSSR count). The fourth-order valence-electron chi connectivity index (χ4n) is 2.19. The number of carbonyl (C=O) groups is 1. The first kappa shape index (κ1) is 10.0.